The monoisotopic (exact) mass is 1140 g/mol. The van der Waals surface area contributed by atoms with Crippen LogP contribution in [-0.4, -0.2) is 157 Å². The van der Waals surface area contributed by atoms with Crippen molar-refractivity contribution in [3.8, 4) is 5.75 Å². The maximum Gasteiger partial charge on any atom is 0.409 e. The third-order valence-electron chi connectivity index (χ3n) is 14.9. The summed E-state index contributed by atoms with van der Waals surface area (Å²) in [5, 5.41) is 22.9. The molecule has 0 unspecified atom stereocenters. The van der Waals surface area contributed by atoms with Crippen molar-refractivity contribution in [2.75, 3.05) is 39.8 Å². The van der Waals surface area contributed by atoms with Crippen LogP contribution in [-0.2, 0) is 67.2 Å². The van der Waals surface area contributed by atoms with Crippen LogP contribution >= 0.6 is 33.2 Å². The fourth-order valence-corrected chi connectivity index (χ4v) is 12.4. The van der Waals surface area contributed by atoms with E-state index in [-0.39, 0.29) is 58.0 Å². The normalized spacial score (nSPS) is 26.6. The number of ether oxygens (including phenoxy) is 6. The number of allylic oxidation sites excluding steroid dienone is 3. The molecule has 4 bridgehead atoms. The number of halogens is 1. The lowest BCUT2D eigenvalue weighted by molar-refractivity contribution is -0.162. The number of nitrogens with one attached hydrogen (secondary N) is 1. The third-order valence-corrected chi connectivity index (χ3v) is 19.6. The highest BCUT2D eigenvalue weighted by Crippen LogP contribution is 2.50. The van der Waals surface area contributed by atoms with Gasteiger partial charge in [0.05, 0.1) is 43.7 Å². The number of aromatic nitrogens is 3. The van der Waals surface area contributed by atoms with E-state index in [4.69, 9.17) is 40.0 Å². The molecule has 6 rings (SSSR count). The molecule has 0 aliphatic carbocycles. The fraction of sp³-hybridized carbons (Fsp3) is 0.636. The quantitative estimate of drug-likeness (QED) is 0.0564. The minimum absolute atomic E-state index is 0.0632. The van der Waals surface area contributed by atoms with Crippen LogP contribution < -0.4 is 15.0 Å². The number of hydrogen-bond acceptors (Lipinski definition) is 17. The number of benzene rings is 1. The van der Waals surface area contributed by atoms with Crippen LogP contribution in [0.1, 0.15) is 119 Å². The molecule has 1 aromatic heterocycles. The van der Waals surface area contributed by atoms with E-state index in [2.05, 4.69) is 43.3 Å². The molecule has 0 saturated carbocycles. The Hall–Kier alpha value is -4.97. The van der Waals surface area contributed by atoms with Gasteiger partial charge in [-0.2, -0.15) is 0 Å². The summed E-state index contributed by atoms with van der Waals surface area (Å²) >= 11 is 6.85. The van der Waals surface area contributed by atoms with E-state index >= 15 is 0 Å². The van der Waals surface area contributed by atoms with Crippen LogP contribution in [0.2, 0.25) is 5.02 Å². The molecule has 4 aliphatic rings. The van der Waals surface area contributed by atoms with Crippen molar-refractivity contribution in [1.82, 2.24) is 30.1 Å². The average molecular weight is 1140 g/mol. The molecule has 2 saturated heterocycles. The topological polar surface area (TPSA) is 234 Å². The molecular weight excluding hydrogens is 1070 g/mol. The number of hydrogen-bond donors (Lipinski definition) is 2. The van der Waals surface area contributed by atoms with Gasteiger partial charge in [0.2, 0.25) is 11.8 Å². The van der Waals surface area contributed by atoms with Crippen molar-refractivity contribution in [3.63, 3.8) is 0 Å². The van der Waals surface area contributed by atoms with Crippen LogP contribution in [0.5, 0.6) is 5.75 Å². The summed E-state index contributed by atoms with van der Waals surface area (Å²) in [6.07, 6.45) is 6.96. The van der Waals surface area contributed by atoms with Gasteiger partial charge in [0, 0.05) is 74.8 Å². The molecule has 0 radical (unpaired) electrons. The van der Waals surface area contributed by atoms with Gasteiger partial charge in [-0.1, -0.05) is 69.1 Å². The van der Waals surface area contributed by atoms with E-state index in [1.165, 1.54) is 36.2 Å². The van der Waals surface area contributed by atoms with Gasteiger partial charge in [-0.05, 0) is 106 Å². The Kier molecular flexibility index (Phi) is 20.1. The summed E-state index contributed by atoms with van der Waals surface area (Å²) < 4.78 is 37.2. The number of epoxide rings is 1. The number of carbonyl (C=O) groups excluding carboxylic acids is 6. The molecule has 5 amide bonds. The van der Waals surface area contributed by atoms with Crippen molar-refractivity contribution >= 4 is 74.6 Å². The second-order valence-electron chi connectivity index (χ2n) is 22.8. The number of aliphatic hydroxyl groups is 1. The van der Waals surface area contributed by atoms with Gasteiger partial charge in [-0.15, -0.1) is 5.10 Å². The van der Waals surface area contributed by atoms with Gasteiger partial charge >= 0.3 is 12.1 Å². The Balaban J connectivity index is 1.06. The van der Waals surface area contributed by atoms with Gasteiger partial charge in [-0.3, -0.25) is 34.1 Å². The number of anilines is 1. The van der Waals surface area contributed by atoms with Crippen LogP contribution in [0, 0.1) is 5.92 Å². The van der Waals surface area contributed by atoms with Gasteiger partial charge in [0.15, 0.2) is 5.72 Å². The van der Waals surface area contributed by atoms with Crippen LogP contribution in [0.4, 0.5) is 10.5 Å². The van der Waals surface area contributed by atoms with Crippen molar-refractivity contribution in [1.29, 1.82) is 0 Å². The zero-order valence-corrected chi connectivity index (χ0v) is 49.8. The number of amides is 5. The van der Waals surface area contributed by atoms with Crippen LogP contribution in [0.25, 0.3) is 0 Å². The largest absolute Gasteiger partial charge is 0.495 e. The van der Waals surface area contributed by atoms with Crippen LogP contribution in [0.15, 0.2) is 54.3 Å². The van der Waals surface area contributed by atoms with E-state index in [0.29, 0.717) is 49.5 Å². The first-order valence-electron chi connectivity index (χ1n) is 26.2. The number of imide groups is 1. The van der Waals surface area contributed by atoms with E-state index in [0.717, 1.165) is 22.5 Å². The summed E-state index contributed by atoms with van der Waals surface area (Å²) in [5.74, 6) is -2.42. The lowest BCUT2D eigenvalue weighted by Crippen LogP contribution is -2.63. The molecule has 2 fully saturated rings. The summed E-state index contributed by atoms with van der Waals surface area (Å²) in [6.45, 7) is 20.6. The maximum absolute atomic E-state index is 14.4. The standard InChI is InChI=1S/C55H78ClN7O13S2/c1-33-16-15-17-41(72-14)55(70)30-40(74-50(69)57-55)34(2)48-54(10,76-48)42(29-46(67)61(12)38-27-36(26-33)28-39(71-13)47(38)56)75-49(68)35(3)60(11)43(64)20-21-52(6,7)77-78-53(8,9)23-25-73-51(4,5)22-24-62-31-37(58-59-62)32-63-44(65)18-19-45(63)66/h15-19,27-28,31,34-35,40-42,48,70H,20-26,29-30,32H2,1-14H3,(H,57,69)/b17-15+,33-16+/t34-,35+,40+,41-,42+,48+,54+,55+/m1/s1. The molecule has 2 aromatic rings. The van der Waals surface area contributed by atoms with E-state index in [9.17, 15) is 33.9 Å². The summed E-state index contributed by atoms with van der Waals surface area (Å²) in [5.41, 5.74) is -0.997. The maximum atomic E-state index is 14.4. The Morgan fingerprint density at radius 2 is 1.71 bits per heavy atom. The summed E-state index contributed by atoms with van der Waals surface area (Å²) in [4.78, 5) is 83.4. The summed E-state index contributed by atoms with van der Waals surface area (Å²) in [6, 6.07) is 2.53. The highest BCUT2D eigenvalue weighted by Gasteiger charge is 2.64. The number of esters is 1. The van der Waals surface area contributed by atoms with E-state index in [1.54, 1.807) is 91.6 Å². The number of carbonyl (C=O) groups is 6. The zero-order chi connectivity index (χ0) is 57.7. The highest BCUT2D eigenvalue weighted by molar-refractivity contribution is 8.77. The molecule has 0 spiro atoms. The molecule has 4 aliphatic heterocycles. The van der Waals surface area contributed by atoms with Gasteiger partial charge in [0.25, 0.3) is 11.8 Å². The first kappa shape index (κ1) is 62.2. The highest BCUT2D eigenvalue weighted by atomic mass is 35.5. The van der Waals surface area contributed by atoms with Crippen LogP contribution in [0.3, 0.4) is 0 Å². The summed E-state index contributed by atoms with van der Waals surface area (Å²) in [7, 11) is 9.47. The minimum atomic E-state index is -1.86. The minimum Gasteiger partial charge on any atom is -0.495 e. The molecule has 78 heavy (non-hydrogen) atoms. The Labute approximate surface area is 471 Å². The van der Waals surface area contributed by atoms with E-state index in [1.807, 2.05) is 26.8 Å². The number of rotatable bonds is 20. The first-order valence-corrected chi connectivity index (χ1v) is 28.7. The third kappa shape index (κ3) is 15.7. The first-order chi connectivity index (χ1) is 36.4. The Morgan fingerprint density at radius 3 is 2.36 bits per heavy atom. The number of methoxy groups -OCH3 is 2. The number of nitrogens with zero attached hydrogens (tertiary/aromatic N) is 6. The predicted molar refractivity (Wildman–Crippen MR) is 298 cm³/mol. The number of alkyl carbamates (subject to hydrolysis) is 1. The second-order valence-corrected chi connectivity index (χ2v) is 26.7. The molecule has 5 heterocycles. The molecular formula is C55H78ClN7O13S2. The molecule has 8 atom stereocenters. The van der Waals surface area contributed by atoms with Gasteiger partial charge in [-0.25, -0.2) is 9.59 Å². The van der Waals surface area contributed by atoms with Gasteiger partial charge in [0.1, 0.15) is 46.4 Å². The number of likely N-dealkylation sites (N-methyl/N-ethyl adjacent to an activating group) is 1. The Bertz CT molecular complexity index is 2640. The SMILES string of the molecule is COc1cc2cc(c1Cl)N(C)C(=O)C[C@H](OC(=O)[C@H](C)N(C)C(=O)CCC(C)(C)SSC(C)(C)CCOC(C)(C)CCn1cc(CN3C(=O)C=CC3=O)nn1)[C@]1(C)O[C@H]1[C@H](C)[C@@H]1C[C@@](O)(NC(=O)O1)[C@H](OC)/C=C/C=C(\C)C2. The molecule has 2 N–H and O–H groups in total. The molecule has 430 valence electrons. The smallest absolute Gasteiger partial charge is 0.409 e. The van der Waals surface area contributed by atoms with Crippen molar-refractivity contribution in [2.24, 2.45) is 5.92 Å². The number of aryl methyl sites for hydroxylation is 1. The van der Waals surface area contributed by atoms with Crippen molar-refractivity contribution < 1.29 is 62.3 Å². The molecule has 23 heteroatoms. The fourth-order valence-electron chi connectivity index (χ4n) is 9.41. The number of fused-ring (bicyclic) bond motifs is 5. The molecule has 20 nitrogen and oxygen atoms in total. The second kappa shape index (κ2) is 25.2. The Morgan fingerprint density at radius 1 is 1.04 bits per heavy atom. The van der Waals surface area contributed by atoms with Gasteiger partial charge < -0.3 is 43.3 Å². The average Bonchev–Trinajstić information content (AvgIpc) is 3.98. The molecule has 1 aromatic carbocycles. The lowest BCUT2D eigenvalue weighted by atomic mass is 9.83. The van der Waals surface area contributed by atoms with Crippen molar-refractivity contribution in [2.45, 2.75) is 184 Å². The van der Waals surface area contributed by atoms with E-state index < -0.39 is 71.3 Å². The predicted octanol–water partition coefficient (Wildman–Crippen LogP) is 7.53. The zero-order valence-electron chi connectivity index (χ0n) is 47.4. The van der Waals surface area contributed by atoms with Crippen molar-refractivity contribution in [3.05, 3.63) is 70.6 Å². The lowest BCUT2D eigenvalue weighted by Gasteiger charge is -2.42.